The number of piperazine rings is 1. The highest BCUT2D eigenvalue weighted by molar-refractivity contribution is 5.89. The summed E-state index contributed by atoms with van der Waals surface area (Å²) in [7, 11) is 0. The second-order valence-corrected chi connectivity index (χ2v) is 6.18. The lowest BCUT2D eigenvalue weighted by Gasteiger charge is -2.36. The van der Waals surface area contributed by atoms with Crippen LogP contribution in [0.5, 0.6) is 0 Å². The zero-order chi connectivity index (χ0) is 15.5. The number of rotatable bonds is 4. The van der Waals surface area contributed by atoms with Crippen molar-refractivity contribution < 1.29 is 4.42 Å². The first kappa shape index (κ1) is 16.9. The number of hydrogen-bond donors (Lipinski definition) is 0. The third-order valence-corrected chi connectivity index (χ3v) is 4.73. The molecule has 0 unspecified atom stereocenters. The molecule has 24 heavy (non-hydrogen) atoms. The summed E-state index contributed by atoms with van der Waals surface area (Å²) in [6.07, 6.45) is 2.92. The number of para-hydroxylation sites is 1. The van der Waals surface area contributed by atoms with Crippen molar-refractivity contribution >= 4 is 29.1 Å². The average molecular weight is 343 g/mol. The summed E-state index contributed by atoms with van der Waals surface area (Å²) in [4.78, 5) is 5.01. The Hall–Kier alpha value is -1.97. The van der Waals surface area contributed by atoms with Crippen LogP contribution in [0.25, 0.3) is 11.0 Å². The summed E-state index contributed by atoms with van der Waals surface area (Å²) in [6.45, 7) is 5.50. The first-order chi connectivity index (χ1) is 11.4. The van der Waals surface area contributed by atoms with Gasteiger partial charge in [-0.2, -0.15) is 0 Å². The van der Waals surface area contributed by atoms with Gasteiger partial charge in [-0.3, -0.25) is 4.90 Å². The molecule has 0 radical (unpaired) electrons. The first-order valence-corrected chi connectivity index (χ1v) is 8.37. The highest BCUT2D eigenvalue weighted by Gasteiger charge is 2.19. The van der Waals surface area contributed by atoms with Gasteiger partial charge >= 0.3 is 0 Å². The van der Waals surface area contributed by atoms with Crippen LogP contribution in [0, 0.1) is 0 Å². The van der Waals surface area contributed by atoms with Crippen LogP contribution in [0.4, 0.5) is 5.69 Å². The summed E-state index contributed by atoms with van der Waals surface area (Å²) in [6, 6.07) is 19.2. The molecule has 0 saturated carbocycles. The molecule has 1 aromatic heterocycles. The lowest BCUT2D eigenvalue weighted by molar-refractivity contribution is 0.261. The van der Waals surface area contributed by atoms with Gasteiger partial charge in [-0.15, -0.1) is 12.4 Å². The van der Waals surface area contributed by atoms with Crippen LogP contribution >= 0.6 is 12.4 Å². The second kappa shape index (κ2) is 7.73. The van der Waals surface area contributed by atoms with E-state index in [1.807, 2.05) is 6.07 Å². The number of benzene rings is 2. The van der Waals surface area contributed by atoms with Crippen molar-refractivity contribution in [3.05, 3.63) is 66.4 Å². The van der Waals surface area contributed by atoms with Crippen molar-refractivity contribution in [3.8, 4) is 0 Å². The smallest absolute Gasteiger partial charge is 0.157 e. The third-order valence-electron chi connectivity index (χ3n) is 4.73. The number of fused-ring (bicyclic) bond motifs is 1. The van der Waals surface area contributed by atoms with Crippen LogP contribution < -0.4 is 4.90 Å². The molecule has 1 saturated heterocycles. The van der Waals surface area contributed by atoms with E-state index in [0.29, 0.717) is 0 Å². The molecule has 0 N–H and O–H groups in total. The third kappa shape index (κ3) is 3.58. The molecule has 1 aliphatic heterocycles. The molecule has 1 fully saturated rings. The summed E-state index contributed by atoms with van der Waals surface area (Å²) in [5.41, 5.74) is 3.68. The quantitative estimate of drug-likeness (QED) is 0.707. The Bertz CT molecular complexity index is 763. The molecule has 4 rings (SSSR count). The number of anilines is 1. The number of hydrogen-bond acceptors (Lipinski definition) is 3. The topological polar surface area (TPSA) is 19.6 Å². The van der Waals surface area contributed by atoms with Crippen LogP contribution in [0.3, 0.4) is 0 Å². The van der Waals surface area contributed by atoms with E-state index < -0.39 is 0 Å². The van der Waals surface area contributed by atoms with E-state index in [0.717, 1.165) is 44.7 Å². The standard InChI is InChI=1S/C20H22N2O.ClH/c1-2-5-17(6-3-1)9-11-21-12-14-22(15-13-21)19-8-4-7-18-10-16-23-20(18)19;/h1-8,10,16H,9,11-15H2;1H. The molecule has 0 bridgehead atoms. The number of furan rings is 1. The van der Waals surface area contributed by atoms with E-state index in [1.54, 1.807) is 6.26 Å². The monoisotopic (exact) mass is 342 g/mol. The maximum Gasteiger partial charge on any atom is 0.157 e. The van der Waals surface area contributed by atoms with E-state index in [2.05, 4.69) is 58.3 Å². The van der Waals surface area contributed by atoms with Gasteiger partial charge in [0, 0.05) is 38.1 Å². The largest absolute Gasteiger partial charge is 0.462 e. The summed E-state index contributed by atoms with van der Waals surface area (Å²) in [5, 5.41) is 1.19. The van der Waals surface area contributed by atoms with E-state index in [1.165, 1.54) is 16.6 Å². The van der Waals surface area contributed by atoms with Gasteiger partial charge in [0.05, 0.1) is 12.0 Å². The molecular weight excluding hydrogens is 320 g/mol. The second-order valence-electron chi connectivity index (χ2n) is 6.18. The summed E-state index contributed by atoms with van der Waals surface area (Å²) in [5.74, 6) is 0. The predicted octanol–water partition coefficient (Wildman–Crippen LogP) is 4.22. The number of nitrogens with zero attached hydrogens (tertiary/aromatic N) is 2. The Morgan fingerprint density at radius 1 is 0.833 bits per heavy atom. The lowest BCUT2D eigenvalue weighted by atomic mass is 10.1. The molecule has 0 amide bonds. The van der Waals surface area contributed by atoms with Crippen molar-refractivity contribution in [2.75, 3.05) is 37.6 Å². The van der Waals surface area contributed by atoms with Crippen LogP contribution in [0.15, 0.2) is 65.3 Å². The molecule has 2 heterocycles. The first-order valence-electron chi connectivity index (χ1n) is 8.37. The van der Waals surface area contributed by atoms with Crippen molar-refractivity contribution in [1.29, 1.82) is 0 Å². The summed E-state index contributed by atoms with van der Waals surface area (Å²) < 4.78 is 5.68. The molecule has 3 nitrogen and oxygen atoms in total. The minimum absolute atomic E-state index is 0. The highest BCUT2D eigenvalue weighted by Crippen LogP contribution is 2.28. The Balaban J connectivity index is 0.00000169. The van der Waals surface area contributed by atoms with Crippen molar-refractivity contribution in [3.63, 3.8) is 0 Å². The van der Waals surface area contributed by atoms with Gasteiger partial charge < -0.3 is 9.32 Å². The lowest BCUT2D eigenvalue weighted by Crippen LogP contribution is -2.47. The predicted molar refractivity (Wildman–Crippen MR) is 102 cm³/mol. The van der Waals surface area contributed by atoms with E-state index in [4.69, 9.17) is 4.42 Å². The Kier molecular flexibility index (Phi) is 5.44. The highest BCUT2D eigenvalue weighted by atomic mass is 35.5. The van der Waals surface area contributed by atoms with Crippen LogP contribution in [0.1, 0.15) is 5.56 Å². The van der Waals surface area contributed by atoms with Crippen LogP contribution in [-0.2, 0) is 6.42 Å². The fourth-order valence-electron chi connectivity index (χ4n) is 3.37. The van der Waals surface area contributed by atoms with Crippen molar-refractivity contribution in [2.45, 2.75) is 6.42 Å². The Morgan fingerprint density at radius 2 is 1.62 bits per heavy atom. The van der Waals surface area contributed by atoms with Gasteiger partial charge in [-0.1, -0.05) is 42.5 Å². The fourth-order valence-corrected chi connectivity index (χ4v) is 3.37. The molecule has 0 aliphatic carbocycles. The molecule has 4 heteroatoms. The van der Waals surface area contributed by atoms with Gasteiger partial charge in [0.2, 0.25) is 0 Å². The van der Waals surface area contributed by atoms with Gasteiger partial charge in [-0.05, 0) is 24.1 Å². The fraction of sp³-hybridized carbons (Fsp3) is 0.300. The zero-order valence-corrected chi connectivity index (χ0v) is 14.5. The molecule has 1 aliphatic rings. The Morgan fingerprint density at radius 3 is 2.42 bits per heavy atom. The average Bonchev–Trinajstić information content (AvgIpc) is 3.10. The summed E-state index contributed by atoms with van der Waals surface area (Å²) >= 11 is 0. The maximum absolute atomic E-state index is 5.68. The van der Waals surface area contributed by atoms with Crippen LogP contribution in [0.2, 0.25) is 0 Å². The molecule has 0 spiro atoms. The van der Waals surface area contributed by atoms with E-state index in [9.17, 15) is 0 Å². The number of halogens is 1. The molecule has 0 atom stereocenters. The van der Waals surface area contributed by atoms with Gasteiger partial charge in [0.25, 0.3) is 0 Å². The van der Waals surface area contributed by atoms with Crippen LogP contribution in [-0.4, -0.2) is 37.6 Å². The molecular formula is C20H23ClN2O. The van der Waals surface area contributed by atoms with Crippen molar-refractivity contribution in [1.82, 2.24) is 4.90 Å². The maximum atomic E-state index is 5.68. The molecule has 3 aromatic rings. The normalized spacial score (nSPS) is 15.4. The molecule has 126 valence electrons. The van der Waals surface area contributed by atoms with Gasteiger partial charge in [0.1, 0.15) is 0 Å². The molecule has 2 aromatic carbocycles. The Labute approximate surface area is 149 Å². The van der Waals surface area contributed by atoms with E-state index in [-0.39, 0.29) is 12.4 Å². The van der Waals surface area contributed by atoms with Crippen molar-refractivity contribution in [2.24, 2.45) is 0 Å². The minimum atomic E-state index is 0. The SMILES string of the molecule is Cl.c1ccc(CCN2CCN(c3cccc4ccoc34)CC2)cc1. The van der Waals surface area contributed by atoms with Gasteiger partial charge in [0.15, 0.2) is 5.58 Å². The minimum Gasteiger partial charge on any atom is -0.462 e. The van der Waals surface area contributed by atoms with Gasteiger partial charge in [-0.25, -0.2) is 0 Å². The zero-order valence-electron chi connectivity index (χ0n) is 13.7. The van der Waals surface area contributed by atoms with E-state index >= 15 is 0 Å².